The first-order chi connectivity index (χ1) is 8.92. The van der Waals surface area contributed by atoms with Crippen molar-refractivity contribution in [2.45, 2.75) is 64.2 Å². The molecule has 0 N–H and O–H groups in total. The zero-order valence-corrected chi connectivity index (χ0v) is 18.1. The van der Waals surface area contributed by atoms with Gasteiger partial charge in [0, 0.05) is 0 Å². The summed E-state index contributed by atoms with van der Waals surface area (Å²) in [6.45, 7) is 13.0. The SMILES string of the molecule is CC(C)[N-][Si](C)(C)C1CCCC1.[CH2-]c1ccccc1.[CH3-].[CH3-].[Ti+4]. The summed E-state index contributed by atoms with van der Waals surface area (Å²) in [5.74, 6) is 0. The van der Waals surface area contributed by atoms with Crippen LogP contribution in [0.4, 0.5) is 0 Å². The van der Waals surface area contributed by atoms with Crippen LogP contribution < -0.4 is 0 Å². The van der Waals surface area contributed by atoms with E-state index in [1.54, 1.807) is 0 Å². The molecule has 0 unspecified atom stereocenters. The summed E-state index contributed by atoms with van der Waals surface area (Å²) in [6, 6.07) is 10.4. The Morgan fingerprint density at radius 2 is 1.50 bits per heavy atom. The van der Waals surface area contributed by atoms with Crippen molar-refractivity contribution in [2.75, 3.05) is 0 Å². The quantitative estimate of drug-likeness (QED) is 0.425. The number of nitrogens with zero attached hydrogens (tertiary/aromatic N) is 1. The second kappa shape index (κ2) is 13.4. The minimum atomic E-state index is -1.21. The fraction of sp³-hybridized carbons (Fsp3) is 0.526. The van der Waals surface area contributed by atoms with Crippen LogP contribution in [0.3, 0.4) is 0 Å². The topological polar surface area (TPSA) is 14.1 Å². The van der Waals surface area contributed by atoms with E-state index in [1.165, 1.54) is 25.7 Å². The normalized spacial score (nSPS) is 14.0. The molecule has 1 nitrogen and oxygen atoms in total. The van der Waals surface area contributed by atoms with Crippen LogP contribution in [0.25, 0.3) is 4.98 Å². The maximum Gasteiger partial charge on any atom is 4.00 e. The maximum absolute atomic E-state index is 4.93. The van der Waals surface area contributed by atoms with Gasteiger partial charge in [0.1, 0.15) is 0 Å². The molecule has 1 aliphatic carbocycles. The fourth-order valence-electron chi connectivity index (χ4n) is 2.88. The van der Waals surface area contributed by atoms with E-state index in [-0.39, 0.29) is 36.6 Å². The average Bonchev–Trinajstić information content (AvgIpc) is 2.83. The van der Waals surface area contributed by atoms with Crippen molar-refractivity contribution >= 4 is 8.24 Å². The number of benzene rings is 1. The van der Waals surface area contributed by atoms with Crippen LogP contribution in [0, 0.1) is 21.8 Å². The molecule has 0 bridgehead atoms. The number of hydrogen-bond acceptors (Lipinski definition) is 0. The molecule has 124 valence electrons. The fourth-order valence-corrected chi connectivity index (χ4v) is 6.24. The molecule has 3 heteroatoms. The second-order valence-corrected chi connectivity index (χ2v) is 10.7. The molecule has 0 aromatic heterocycles. The van der Waals surface area contributed by atoms with Crippen LogP contribution in [0.2, 0.25) is 18.6 Å². The van der Waals surface area contributed by atoms with Gasteiger partial charge in [0.2, 0.25) is 0 Å². The number of hydrogen-bond donors (Lipinski definition) is 0. The van der Waals surface area contributed by atoms with Crippen LogP contribution in [-0.4, -0.2) is 14.3 Å². The second-order valence-electron chi connectivity index (χ2n) is 6.34. The van der Waals surface area contributed by atoms with E-state index in [9.17, 15) is 0 Å². The van der Waals surface area contributed by atoms with Crippen molar-refractivity contribution in [1.82, 2.24) is 0 Å². The third-order valence-electron chi connectivity index (χ3n) is 3.79. The van der Waals surface area contributed by atoms with Crippen molar-refractivity contribution in [1.29, 1.82) is 0 Å². The van der Waals surface area contributed by atoms with Crippen LogP contribution in [0.1, 0.15) is 45.1 Å². The Labute approximate surface area is 156 Å². The van der Waals surface area contributed by atoms with Gasteiger partial charge in [-0.25, -0.2) is 0 Å². The summed E-state index contributed by atoms with van der Waals surface area (Å²) >= 11 is 0. The molecular formula is C19H35NSiTi. The molecule has 1 aromatic carbocycles. The Morgan fingerprint density at radius 1 is 1.05 bits per heavy atom. The van der Waals surface area contributed by atoms with E-state index in [1.807, 2.05) is 30.3 Å². The molecule has 0 amide bonds. The van der Waals surface area contributed by atoms with Gasteiger partial charge in [-0.2, -0.15) is 24.6 Å². The first-order valence-electron chi connectivity index (χ1n) is 7.51. The van der Waals surface area contributed by atoms with Crippen LogP contribution in [-0.2, 0) is 21.7 Å². The van der Waals surface area contributed by atoms with E-state index < -0.39 is 8.24 Å². The van der Waals surface area contributed by atoms with Crippen molar-refractivity contribution in [3.8, 4) is 0 Å². The van der Waals surface area contributed by atoms with E-state index >= 15 is 0 Å². The Kier molecular flexibility index (Phi) is 16.4. The van der Waals surface area contributed by atoms with Gasteiger partial charge in [-0.15, -0.1) is 18.2 Å². The molecule has 2 rings (SSSR count). The predicted octanol–water partition coefficient (Wildman–Crippen LogP) is 6.68. The van der Waals surface area contributed by atoms with Gasteiger partial charge in [0.25, 0.3) is 0 Å². The Morgan fingerprint density at radius 3 is 1.82 bits per heavy atom. The smallest absolute Gasteiger partial charge is 0.662 e. The summed E-state index contributed by atoms with van der Waals surface area (Å²) in [5, 5.41) is 0. The Hall–Kier alpha value is -0.0188. The molecule has 1 fully saturated rings. The molecule has 0 radical (unpaired) electrons. The summed E-state index contributed by atoms with van der Waals surface area (Å²) < 4.78 is 0. The van der Waals surface area contributed by atoms with Gasteiger partial charge >= 0.3 is 21.7 Å². The molecule has 0 saturated heterocycles. The summed E-state index contributed by atoms with van der Waals surface area (Å²) in [4.78, 5) is 4.93. The van der Waals surface area contributed by atoms with Gasteiger partial charge in [0.05, 0.1) is 0 Å². The van der Waals surface area contributed by atoms with Crippen molar-refractivity contribution in [3.63, 3.8) is 0 Å². The monoisotopic (exact) mass is 353 g/mol. The molecule has 1 aliphatic rings. The predicted molar refractivity (Wildman–Crippen MR) is 102 cm³/mol. The Balaban J connectivity index is -0.000000317. The van der Waals surface area contributed by atoms with Crippen molar-refractivity contribution < 1.29 is 21.7 Å². The molecule has 0 heterocycles. The van der Waals surface area contributed by atoms with E-state index in [2.05, 4.69) is 33.9 Å². The van der Waals surface area contributed by atoms with E-state index in [0.29, 0.717) is 6.04 Å². The van der Waals surface area contributed by atoms with Gasteiger partial charge in [-0.3, -0.25) is 0 Å². The molecule has 0 atom stereocenters. The standard InChI is InChI=1S/C10H22NSi.C7H7.2CH3.Ti/c1-9(2)11-12(3,4)10-7-5-6-8-10;1-7-5-3-2-4-6-7;;;/h9-10H,5-8H2,1-4H3;2-6H,1H2;2*1H3;/q4*-1;+4. The molecule has 0 spiro atoms. The first kappa shape index (κ1) is 26.9. The molecule has 0 aliphatic heterocycles. The van der Waals surface area contributed by atoms with Crippen LogP contribution in [0.5, 0.6) is 0 Å². The first-order valence-corrected chi connectivity index (χ1v) is 10.5. The summed E-state index contributed by atoms with van der Waals surface area (Å²) in [7, 11) is -1.21. The van der Waals surface area contributed by atoms with E-state index in [4.69, 9.17) is 4.98 Å². The molecular weight excluding hydrogens is 318 g/mol. The van der Waals surface area contributed by atoms with Crippen molar-refractivity contribution in [3.05, 3.63) is 62.7 Å². The summed E-state index contributed by atoms with van der Waals surface area (Å²) in [6.07, 6.45) is 5.81. The maximum atomic E-state index is 4.93. The van der Waals surface area contributed by atoms with E-state index in [0.717, 1.165) is 11.1 Å². The van der Waals surface area contributed by atoms with Crippen LogP contribution >= 0.6 is 0 Å². The van der Waals surface area contributed by atoms with Gasteiger partial charge in [-0.1, -0.05) is 72.5 Å². The molecule has 1 saturated carbocycles. The third-order valence-corrected chi connectivity index (χ3v) is 7.55. The zero-order chi connectivity index (χ0) is 14.3. The average molecular weight is 353 g/mol. The van der Waals surface area contributed by atoms with Crippen molar-refractivity contribution in [2.24, 2.45) is 0 Å². The van der Waals surface area contributed by atoms with Gasteiger partial charge in [0.15, 0.2) is 0 Å². The van der Waals surface area contributed by atoms with Gasteiger partial charge < -0.3 is 19.8 Å². The summed E-state index contributed by atoms with van der Waals surface area (Å²) in [5.41, 5.74) is 2.06. The van der Waals surface area contributed by atoms with Gasteiger partial charge in [-0.05, 0) is 0 Å². The minimum absolute atomic E-state index is 0. The molecule has 1 aromatic rings. The zero-order valence-electron chi connectivity index (χ0n) is 15.5. The largest absolute Gasteiger partial charge is 4.00 e. The molecule has 22 heavy (non-hydrogen) atoms. The number of rotatable bonds is 3. The van der Waals surface area contributed by atoms with Crippen LogP contribution in [0.15, 0.2) is 30.3 Å². The minimum Gasteiger partial charge on any atom is -0.662 e. The Bertz CT molecular complexity index is 346. The third kappa shape index (κ3) is 10.7.